The Labute approximate surface area is 198 Å². The number of urea groups is 1. The number of anilines is 1. The normalized spacial score (nSPS) is 18.1. The maximum atomic E-state index is 12.8. The van der Waals surface area contributed by atoms with E-state index in [-0.39, 0.29) is 18.2 Å². The number of amides is 2. The number of hydrogen-bond acceptors (Lipinski definition) is 4. The van der Waals surface area contributed by atoms with Gasteiger partial charge in [-0.2, -0.15) is 13.2 Å². The summed E-state index contributed by atoms with van der Waals surface area (Å²) in [5.74, 6) is 1.45. The minimum Gasteiger partial charge on any atom is -0.490 e. The number of aromatic nitrogens is 1. The van der Waals surface area contributed by atoms with E-state index in [1.807, 2.05) is 23.6 Å². The van der Waals surface area contributed by atoms with Crippen molar-refractivity contribution in [3.05, 3.63) is 53.2 Å². The third-order valence-corrected chi connectivity index (χ3v) is 6.59. The third kappa shape index (κ3) is 5.93. The van der Waals surface area contributed by atoms with Crippen LogP contribution in [0.25, 0.3) is 0 Å². The van der Waals surface area contributed by atoms with Crippen molar-refractivity contribution in [2.75, 3.05) is 31.1 Å². The van der Waals surface area contributed by atoms with Crippen LogP contribution in [0.5, 0.6) is 5.75 Å². The standard InChI is InChI=1S/C25H31F3N4O2/c1-17-3-4-18(2)22(15-17)34-21-9-13-32(14-10-21)24(33)30-20-7-11-31(12-8-20)23-6-5-19(16-29-23)25(26,27)28/h3-6,15-16,20-21H,7-14H2,1-2H3,(H,30,33). The fourth-order valence-corrected chi connectivity index (χ4v) is 4.45. The molecule has 6 nitrogen and oxygen atoms in total. The maximum Gasteiger partial charge on any atom is 0.417 e. The third-order valence-electron chi connectivity index (χ3n) is 6.59. The van der Waals surface area contributed by atoms with Crippen molar-refractivity contribution in [3.8, 4) is 5.75 Å². The molecule has 2 aromatic rings. The second-order valence-electron chi connectivity index (χ2n) is 9.19. The second-order valence-corrected chi connectivity index (χ2v) is 9.19. The Morgan fingerprint density at radius 3 is 2.35 bits per heavy atom. The number of piperidine rings is 2. The zero-order valence-electron chi connectivity index (χ0n) is 19.6. The van der Waals surface area contributed by atoms with Crippen molar-refractivity contribution in [1.82, 2.24) is 15.2 Å². The summed E-state index contributed by atoms with van der Waals surface area (Å²) in [7, 11) is 0. The number of rotatable bonds is 4. The predicted octanol–water partition coefficient (Wildman–Crippen LogP) is 4.94. The number of nitrogens with one attached hydrogen (secondary N) is 1. The number of carbonyl (C=O) groups is 1. The molecule has 0 unspecified atom stereocenters. The van der Waals surface area contributed by atoms with Gasteiger partial charge in [0.25, 0.3) is 0 Å². The van der Waals surface area contributed by atoms with Crippen LogP contribution in [0.15, 0.2) is 36.5 Å². The summed E-state index contributed by atoms with van der Waals surface area (Å²) in [6, 6.07) is 8.64. The molecule has 1 N–H and O–H groups in total. The number of alkyl halides is 3. The van der Waals surface area contributed by atoms with E-state index >= 15 is 0 Å². The van der Waals surface area contributed by atoms with Gasteiger partial charge in [-0.15, -0.1) is 0 Å². The van der Waals surface area contributed by atoms with Crippen LogP contribution in [0.4, 0.5) is 23.8 Å². The van der Waals surface area contributed by atoms with E-state index in [9.17, 15) is 18.0 Å². The van der Waals surface area contributed by atoms with Gasteiger partial charge < -0.3 is 19.9 Å². The molecule has 0 atom stereocenters. The minimum atomic E-state index is -4.39. The summed E-state index contributed by atoms with van der Waals surface area (Å²) >= 11 is 0. The predicted molar refractivity (Wildman–Crippen MR) is 124 cm³/mol. The Morgan fingerprint density at radius 2 is 1.74 bits per heavy atom. The molecule has 0 spiro atoms. The average Bonchev–Trinajstić information content (AvgIpc) is 2.82. The van der Waals surface area contributed by atoms with E-state index in [1.165, 1.54) is 6.07 Å². The molecule has 4 rings (SSSR count). The summed E-state index contributed by atoms with van der Waals surface area (Å²) < 4.78 is 44.4. The number of carbonyl (C=O) groups excluding carboxylic acids is 1. The SMILES string of the molecule is Cc1ccc(C)c(OC2CCN(C(=O)NC3CCN(c4ccc(C(F)(F)F)cn4)CC3)CC2)c1. The highest BCUT2D eigenvalue weighted by Crippen LogP contribution is 2.30. The number of hydrogen-bond donors (Lipinski definition) is 1. The largest absolute Gasteiger partial charge is 0.490 e. The monoisotopic (exact) mass is 476 g/mol. The molecule has 0 saturated carbocycles. The van der Waals surface area contributed by atoms with Gasteiger partial charge in [-0.3, -0.25) is 0 Å². The van der Waals surface area contributed by atoms with Gasteiger partial charge in [0.15, 0.2) is 0 Å². The van der Waals surface area contributed by atoms with Crippen molar-refractivity contribution in [3.63, 3.8) is 0 Å². The van der Waals surface area contributed by atoms with Crippen molar-refractivity contribution < 1.29 is 22.7 Å². The molecular formula is C25H31F3N4O2. The number of ether oxygens (including phenoxy) is 1. The number of aryl methyl sites for hydroxylation is 2. The van der Waals surface area contributed by atoms with Gasteiger partial charge in [0.05, 0.1) is 5.56 Å². The molecule has 1 aromatic carbocycles. The molecule has 2 fully saturated rings. The molecule has 1 aromatic heterocycles. The molecule has 2 aliphatic rings. The summed E-state index contributed by atoms with van der Waals surface area (Å²) in [6.07, 6.45) is -0.386. The lowest BCUT2D eigenvalue weighted by atomic mass is 10.0. The minimum absolute atomic E-state index is 0.0436. The molecule has 0 bridgehead atoms. The molecule has 34 heavy (non-hydrogen) atoms. The molecule has 0 aliphatic carbocycles. The Balaban J connectivity index is 1.21. The highest BCUT2D eigenvalue weighted by molar-refractivity contribution is 5.74. The average molecular weight is 477 g/mol. The topological polar surface area (TPSA) is 57.7 Å². The van der Waals surface area contributed by atoms with Crippen molar-refractivity contribution in [2.24, 2.45) is 0 Å². The Morgan fingerprint density at radius 1 is 1.03 bits per heavy atom. The highest BCUT2D eigenvalue weighted by Gasteiger charge is 2.31. The Hall–Kier alpha value is -2.97. The van der Waals surface area contributed by atoms with Gasteiger partial charge in [-0.05, 0) is 56.0 Å². The van der Waals surface area contributed by atoms with E-state index in [0.29, 0.717) is 32.0 Å². The number of pyridine rings is 1. The summed E-state index contributed by atoms with van der Waals surface area (Å²) in [5.41, 5.74) is 1.53. The smallest absolute Gasteiger partial charge is 0.417 e. The van der Waals surface area contributed by atoms with E-state index < -0.39 is 11.7 Å². The maximum absolute atomic E-state index is 12.8. The number of nitrogens with zero attached hydrogens (tertiary/aromatic N) is 3. The van der Waals surface area contributed by atoms with Crippen LogP contribution in [-0.4, -0.2) is 54.2 Å². The molecule has 2 amide bonds. The zero-order chi connectivity index (χ0) is 24.3. The van der Waals surface area contributed by atoms with Crippen LogP contribution in [0.2, 0.25) is 0 Å². The number of likely N-dealkylation sites (tertiary alicyclic amines) is 1. The lowest BCUT2D eigenvalue weighted by Crippen LogP contribution is -2.52. The van der Waals surface area contributed by atoms with Crippen LogP contribution < -0.4 is 15.0 Å². The first-order valence-electron chi connectivity index (χ1n) is 11.8. The molecular weight excluding hydrogens is 445 g/mol. The Kier molecular flexibility index (Phi) is 7.19. The zero-order valence-corrected chi connectivity index (χ0v) is 19.6. The van der Waals surface area contributed by atoms with Gasteiger partial charge >= 0.3 is 12.2 Å². The summed E-state index contributed by atoms with van der Waals surface area (Å²) in [5, 5.41) is 3.12. The quantitative estimate of drug-likeness (QED) is 0.679. The van der Waals surface area contributed by atoms with E-state index in [4.69, 9.17) is 4.74 Å². The number of halogens is 3. The van der Waals surface area contributed by atoms with Crippen molar-refractivity contribution in [1.29, 1.82) is 0 Å². The van der Waals surface area contributed by atoms with Crippen molar-refractivity contribution >= 4 is 11.8 Å². The van der Waals surface area contributed by atoms with Crippen LogP contribution in [-0.2, 0) is 6.18 Å². The van der Waals surface area contributed by atoms with Crippen LogP contribution in [0.1, 0.15) is 42.4 Å². The first kappa shape index (κ1) is 24.2. The van der Waals surface area contributed by atoms with Crippen LogP contribution in [0, 0.1) is 13.8 Å². The lowest BCUT2D eigenvalue weighted by Gasteiger charge is -2.36. The van der Waals surface area contributed by atoms with Gasteiger partial charge in [0.2, 0.25) is 0 Å². The van der Waals surface area contributed by atoms with E-state index in [2.05, 4.69) is 28.5 Å². The molecule has 2 aliphatic heterocycles. The van der Waals surface area contributed by atoms with E-state index in [1.54, 1.807) is 0 Å². The van der Waals surface area contributed by atoms with Gasteiger partial charge in [-0.1, -0.05) is 12.1 Å². The fourth-order valence-electron chi connectivity index (χ4n) is 4.45. The van der Waals surface area contributed by atoms with Crippen molar-refractivity contribution in [2.45, 2.75) is 57.9 Å². The van der Waals surface area contributed by atoms with E-state index in [0.717, 1.165) is 54.8 Å². The Bertz CT molecular complexity index is 981. The lowest BCUT2D eigenvalue weighted by molar-refractivity contribution is -0.137. The summed E-state index contributed by atoms with van der Waals surface area (Å²) in [4.78, 5) is 20.5. The first-order chi connectivity index (χ1) is 16.2. The second kappa shape index (κ2) is 10.1. The molecule has 3 heterocycles. The molecule has 0 radical (unpaired) electrons. The first-order valence-corrected chi connectivity index (χ1v) is 11.8. The van der Waals surface area contributed by atoms with Crippen LogP contribution >= 0.6 is 0 Å². The molecule has 9 heteroatoms. The molecule has 2 saturated heterocycles. The number of benzene rings is 1. The van der Waals surface area contributed by atoms with Gasteiger partial charge in [0, 0.05) is 51.3 Å². The summed E-state index contributed by atoms with van der Waals surface area (Å²) in [6.45, 7) is 6.65. The highest BCUT2D eigenvalue weighted by atomic mass is 19.4. The molecule has 184 valence electrons. The van der Waals surface area contributed by atoms with Gasteiger partial charge in [-0.25, -0.2) is 9.78 Å². The van der Waals surface area contributed by atoms with Gasteiger partial charge in [0.1, 0.15) is 17.7 Å². The fraction of sp³-hybridized carbons (Fsp3) is 0.520. The van der Waals surface area contributed by atoms with Crippen LogP contribution in [0.3, 0.4) is 0 Å².